The molecule has 0 bridgehead atoms. The Kier molecular flexibility index (Phi) is 4.71. The van der Waals surface area contributed by atoms with Crippen molar-refractivity contribution in [2.24, 2.45) is 0 Å². The highest BCUT2D eigenvalue weighted by molar-refractivity contribution is 5.92. The first-order chi connectivity index (χ1) is 9.26. The van der Waals surface area contributed by atoms with E-state index in [1.165, 1.54) is 6.42 Å². The van der Waals surface area contributed by atoms with Gasteiger partial charge in [0.05, 0.1) is 0 Å². The van der Waals surface area contributed by atoms with Crippen LogP contribution in [0.25, 0.3) is 0 Å². The van der Waals surface area contributed by atoms with Crippen molar-refractivity contribution in [3.8, 4) is 0 Å². The van der Waals surface area contributed by atoms with Gasteiger partial charge in [-0.05, 0) is 39.2 Å². The van der Waals surface area contributed by atoms with Crippen LogP contribution < -0.4 is 4.90 Å². The van der Waals surface area contributed by atoms with Crippen molar-refractivity contribution in [2.75, 3.05) is 31.1 Å². The van der Waals surface area contributed by atoms with Crippen molar-refractivity contribution in [3.63, 3.8) is 0 Å². The Hall–Kier alpha value is -1.65. The van der Waals surface area contributed by atoms with Crippen molar-refractivity contribution < 1.29 is 4.79 Å². The first kappa shape index (κ1) is 13.8. The average Bonchev–Trinajstić information content (AvgIpc) is 2.49. The van der Waals surface area contributed by atoms with Gasteiger partial charge in [-0.3, -0.25) is 4.79 Å². The lowest BCUT2D eigenvalue weighted by molar-refractivity contribution is 0.0718. The van der Waals surface area contributed by atoms with Crippen LogP contribution >= 0.6 is 0 Å². The molecule has 0 radical (unpaired) electrons. The van der Waals surface area contributed by atoms with Gasteiger partial charge in [0.2, 0.25) is 5.95 Å². The normalized spacial score (nSPS) is 15.4. The van der Waals surface area contributed by atoms with Gasteiger partial charge in [0.15, 0.2) is 0 Å². The Balaban J connectivity index is 2.15. The number of anilines is 1. The summed E-state index contributed by atoms with van der Waals surface area (Å²) in [5.41, 5.74) is 0.513. The Morgan fingerprint density at radius 2 is 1.95 bits per heavy atom. The summed E-state index contributed by atoms with van der Waals surface area (Å²) in [6.45, 7) is 7.51. The van der Waals surface area contributed by atoms with Crippen LogP contribution in [0.2, 0.25) is 0 Å². The predicted molar refractivity (Wildman–Crippen MR) is 75.3 cm³/mol. The second-order valence-electron chi connectivity index (χ2n) is 4.77. The van der Waals surface area contributed by atoms with Crippen molar-refractivity contribution in [3.05, 3.63) is 18.0 Å². The van der Waals surface area contributed by atoms with Crippen molar-refractivity contribution in [1.82, 2.24) is 14.9 Å². The summed E-state index contributed by atoms with van der Waals surface area (Å²) in [5, 5.41) is 0. The van der Waals surface area contributed by atoms with Crippen LogP contribution in [0.1, 0.15) is 43.6 Å². The van der Waals surface area contributed by atoms with Gasteiger partial charge in [0.25, 0.3) is 5.91 Å². The molecule has 1 aromatic heterocycles. The van der Waals surface area contributed by atoms with E-state index in [1.54, 1.807) is 12.3 Å². The molecule has 0 saturated carbocycles. The van der Waals surface area contributed by atoms with E-state index in [2.05, 4.69) is 23.8 Å². The van der Waals surface area contributed by atoms with Gasteiger partial charge in [-0.15, -0.1) is 0 Å². The lowest BCUT2D eigenvalue weighted by Crippen LogP contribution is -2.36. The molecular weight excluding hydrogens is 240 g/mol. The van der Waals surface area contributed by atoms with E-state index in [0.717, 1.165) is 39.0 Å². The number of carbonyl (C=O) groups excluding carboxylic acids is 1. The summed E-state index contributed by atoms with van der Waals surface area (Å²) in [4.78, 5) is 25.0. The van der Waals surface area contributed by atoms with Crippen LogP contribution in [0.15, 0.2) is 12.3 Å². The van der Waals surface area contributed by atoms with Crippen LogP contribution in [0.4, 0.5) is 5.95 Å². The molecule has 1 fully saturated rings. The van der Waals surface area contributed by atoms with Crippen molar-refractivity contribution in [1.29, 1.82) is 0 Å². The number of aromatic nitrogens is 2. The van der Waals surface area contributed by atoms with Gasteiger partial charge in [0.1, 0.15) is 5.69 Å². The first-order valence-corrected chi connectivity index (χ1v) is 7.13. The Bertz CT molecular complexity index is 425. The molecule has 0 aliphatic carbocycles. The maximum atomic E-state index is 12.4. The molecule has 104 valence electrons. The van der Waals surface area contributed by atoms with E-state index in [0.29, 0.717) is 11.6 Å². The molecule has 1 aromatic rings. The summed E-state index contributed by atoms with van der Waals surface area (Å²) in [7, 11) is 0. The number of nitrogens with zero attached hydrogens (tertiary/aromatic N) is 4. The van der Waals surface area contributed by atoms with E-state index < -0.39 is 0 Å². The maximum absolute atomic E-state index is 12.4. The van der Waals surface area contributed by atoms with Gasteiger partial charge in [-0.1, -0.05) is 0 Å². The molecule has 0 spiro atoms. The Morgan fingerprint density at radius 3 is 2.58 bits per heavy atom. The summed E-state index contributed by atoms with van der Waals surface area (Å²) in [6, 6.07) is 1.71. The molecule has 1 aliphatic rings. The molecule has 2 rings (SSSR count). The summed E-state index contributed by atoms with van der Waals surface area (Å²) >= 11 is 0. The topological polar surface area (TPSA) is 49.3 Å². The van der Waals surface area contributed by atoms with E-state index in [9.17, 15) is 4.79 Å². The van der Waals surface area contributed by atoms with E-state index in [1.807, 2.05) is 9.80 Å². The molecule has 1 amide bonds. The van der Waals surface area contributed by atoms with Crippen LogP contribution in [0.5, 0.6) is 0 Å². The molecule has 1 aliphatic heterocycles. The van der Waals surface area contributed by atoms with Gasteiger partial charge in [-0.2, -0.15) is 0 Å². The maximum Gasteiger partial charge on any atom is 0.272 e. The van der Waals surface area contributed by atoms with Crippen LogP contribution in [0, 0.1) is 0 Å². The Labute approximate surface area is 114 Å². The number of hydrogen-bond acceptors (Lipinski definition) is 4. The SMILES string of the molecule is CCN(CC)c1nccc(C(=O)N2CCCCC2)n1. The number of carbonyl (C=O) groups is 1. The number of rotatable bonds is 4. The minimum absolute atomic E-state index is 0.0375. The highest BCUT2D eigenvalue weighted by atomic mass is 16.2. The van der Waals surface area contributed by atoms with Crippen LogP contribution in [-0.4, -0.2) is 47.0 Å². The second-order valence-corrected chi connectivity index (χ2v) is 4.77. The zero-order valence-electron chi connectivity index (χ0n) is 11.8. The monoisotopic (exact) mass is 262 g/mol. The average molecular weight is 262 g/mol. The minimum Gasteiger partial charge on any atom is -0.341 e. The van der Waals surface area contributed by atoms with Gasteiger partial charge < -0.3 is 9.80 Å². The van der Waals surface area contributed by atoms with Crippen molar-refractivity contribution >= 4 is 11.9 Å². The zero-order valence-corrected chi connectivity index (χ0v) is 11.8. The van der Waals surface area contributed by atoms with Gasteiger partial charge in [-0.25, -0.2) is 9.97 Å². The summed E-state index contributed by atoms with van der Waals surface area (Å²) in [6.07, 6.45) is 5.09. The molecule has 5 nitrogen and oxygen atoms in total. The van der Waals surface area contributed by atoms with Gasteiger partial charge in [0, 0.05) is 32.4 Å². The molecule has 1 saturated heterocycles. The lowest BCUT2D eigenvalue weighted by atomic mass is 10.1. The molecule has 0 aromatic carbocycles. The fourth-order valence-electron chi connectivity index (χ4n) is 2.39. The standard InChI is InChI=1S/C14H22N4O/c1-3-17(4-2)14-15-9-8-12(16-14)13(19)18-10-6-5-7-11-18/h8-9H,3-7,10-11H2,1-2H3. The molecule has 0 N–H and O–H groups in total. The smallest absolute Gasteiger partial charge is 0.272 e. The molecule has 0 unspecified atom stereocenters. The predicted octanol–water partition coefficient (Wildman–Crippen LogP) is 1.95. The number of hydrogen-bond donors (Lipinski definition) is 0. The lowest BCUT2D eigenvalue weighted by Gasteiger charge is -2.26. The summed E-state index contributed by atoms with van der Waals surface area (Å²) in [5.74, 6) is 0.684. The fourth-order valence-corrected chi connectivity index (χ4v) is 2.39. The molecule has 2 heterocycles. The van der Waals surface area contributed by atoms with Gasteiger partial charge >= 0.3 is 0 Å². The highest BCUT2D eigenvalue weighted by Gasteiger charge is 2.20. The van der Waals surface area contributed by atoms with E-state index in [-0.39, 0.29) is 5.91 Å². The number of likely N-dealkylation sites (tertiary alicyclic amines) is 1. The van der Waals surface area contributed by atoms with E-state index in [4.69, 9.17) is 0 Å². The largest absolute Gasteiger partial charge is 0.341 e. The zero-order chi connectivity index (χ0) is 13.7. The molecular formula is C14H22N4O. The van der Waals surface area contributed by atoms with Crippen LogP contribution in [-0.2, 0) is 0 Å². The van der Waals surface area contributed by atoms with Crippen LogP contribution in [0.3, 0.4) is 0 Å². The van der Waals surface area contributed by atoms with Crippen molar-refractivity contribution in [2.45, 2.75) is 33.1 Å². The molecule has 0 atom stereocenters. The fraction of sp³-hybridized carbons (Fsp3) is 0.643. The molecule has 5 heteroatoms. The number of piperidine rings is 1. The third-order valence-electron chi connectivity index (χ3n) is 3.55. The Morgan fingerprint density at radius 1 is 1.26 bits per heavy atom. The molecule has 19 heavy (non-hydrogen) atoms. The number of amides is 1. The van der Waals surface area contributed by atoms with E-state index >= 15 is 0 Å². The highest BCUT2D eigenvalue weighted by Crippen LogP contribution is 2.13. The first-order valence-electron chi connectivity index (χ1n) is 7.13. The summed E-state index contributed by atoms with van der Waals surface area (Å²) < 4.78 is 0. The quantitative estimate of drug-likeness (QED) is 0.832. The third kappa shape index (κ3) is 3.22. The minimum atomic E-state index is 0.0375. The third-order valence-corrected chi connectivity index (χ3v) is 3.55. The second kappa shape index (κ2) is 6.50.